The second kappa shape index (κ2) is 11.4. The van der Waals surface area contributed by atoms with Gasteiger partial charge in [-0.15, -0.1) is 11.8 Å². The zero-order valence-electron chi connectivity index (χ0n) is 17.6. The van der Waals surface area contributed by atoms with Gasteiger partial charge in [-0.05, 0) is 43.5 Å². The molecule has 3 rings (SSSR count). The number of benzene rings is 1. The van der Waals surface area contributed by atoms with Gasteiger partial charge in [0.25, 0.3) is 5.91 Å². The molecule has 0 atom stereocenters. The molecule has 3 amide bonds. The van der Waals surface area contributed by atoms with Crippen LogP contribution in [-0.2, 0) is 14.3 Å². The number of thioether (sulfide) groups is 1. The van der Waals surface area contributed by atoms with Gasteiger partial charge in [0.2, 0.25) is 11.8 Å². The summed E-state index contributed by atoms with van der Waals surface area (Å²) in [5, 5.41) is 5.99. The average molecular weight is 434 g/mol. The molecule has 2 aliphatic rings. The Labute approximate surface area is 182 Å². The summed E-state index contributed by atoms with van der Waals surface area (Å²) in [5.74, 6) is 0.324. The summed E-state index contributed by atoms with van der Waals surface area (Å²) < 4.78 is 5.24. The first-order valence-corrected chi connectivity index (χ1v) is 11.8. The number of nitrogens with zero attached hydrogens (tertiary/aromatic N) is 1. The maximum Gasteiger partial charge on any atom is 0.251 e. The van der Waals surface area contributed by atoms with Gasteiger partial charge >= 0.3 is 0 Å². The monoisotopic (exact) mass is 433 g/mol. The smallest absolute Gasteiger partial charge is 0.251 e. The van der Waals surface area contributed by atoms with Crippen molar-refractivity contribution in [2.24, 2.45) is 0 Å². The molecular weight excluding hydrogens is 402 g/mol. The van der Waals surface area contributed by atoms with Crippen LogP contribution in [0.1, 0.15) is 48.0 Å². The molecule has 0 unspecified atom stereocenters. The first-order valence-electron chi connectivity index (χ1n) is 10.7. The van der Waals surface area contributed by atoms with E-state index in [1.807, 2.05) is 13.0 Å². The Bertz CT molecular complexity index is 759. The number of anilines is 1. The normalized spacial score (nSPS) is 17.4. The van der Waals surface area contributed by atoms with Gasteiger partial charge in [-0.1, -0.05) is 19.3 Å². The van der Waals surface area contributed by atoms with Gasteiger partial charge in [0.05, 0.1) is 24.7 Å². The van der Waals surface area contributed by atoms with Crippen LogP contribution in [-0.4, -0.2) is 66.5 Å². The van der Waals surface area contributed by atoms with Crippen LogP contribution in [0, 0.1) is 6.92 Å². The summed E-state index contributed by atoms with van der Waals surface area (Å²) in [6, 6.07) is 5.59. The van der Waals surface area contributed by atoms with Crippen LogP contribution in [0.15, 0.2) is 18.2 Å². The fourth-order valence-corrected chi connectivity index (χ4v) is 4.50. The zero-order valence-corrected chi connectivity index (χ0v) is 18.4. The van der Waals surface area contributed by atoms with Crippen LogP contribution in [0.5, 0.6) is 0 Å². The van der Waals surface area contributed by atoms with Crippen LogP contribution in [0.3, 0.4) is 0 Å². The standard InChI is InChI=1S/C22H31N3O4S/c1-16-13-17(22(28)23-18-5-3-2-4-6-18)7-8-19(16)24-20(26)14-30-15-21(27)25-9-11-29-12-10-25/h7-8,13,18H,2-6,9-12,14-15H2,1H3,(H,23,28)(H,24,26). The van der Waals surface area contributed by atoms with E-state index < -0.39 is 0 Å². The summed E-state index contributed by atoms with van der Waals surface area (Å²) in [4.78, 5) is 38.6. The number of aryl methyl sites for hydroxylation is 1. The Morgan fingerprint density at radius 1 is 1.10 bits per heavy atom. The minimum atomic E-state index is -0.155. The summed E-state index contributed by atoms with van der Waals surface area (Å²) in [7, 11) is 0. The lowest BCUT2D eigenvalue weighted by molar-refractivity contribution is -0.132. The molecular formula is C22H31N3O4S. The Morgan fingerprint density at radius 3 is 2.53 bits per heavy atom. The van der Waals surface area contributed by atoms with Crippen LogP contribution in [0.2, 0.25) is 0 Å². The van der Waals surface area contributed by atoms with Crippen molar-refractivity contribution in [2.45, 2.75) is 45.1 Å². The molecule has 1 saturated heterocycles. The van der Waals surface area contributed by atoms with E-state index in [-0.39, 0.29) is 35.3 Å². The van der Waals surface area contributed by atoms with Crippen molar-refractivity contribution in [2.75, 3.05) is 43.1 Å². The summed E-state index contributed by atoms with van der Waals surface area (Å²) >= 11 is 1.31. The van der Waals surface area contributed by atoms with Crippen molar-refractivity contribution in [3.63, 3.8) is 0 Å². The molecule has 1 aliphatic heterocycles. The molecule has 0 radical (unpaired) electrons. The average Bonchev–Trinajstić information content (AvgIpc) is 2.76. The van der Waals surface area contributed by atoms with Crippen LogP contribution < -0.4 is 10.6 Å². The van der Waals surface area contributed by atoms with Gasteiger partial charge in [0.1, 0.15) is 0 Å². The SMILES string of the molecule is Cc1cc(C(=O)NC2CCCCC2)ccc1NC(=O)CSCC(=O)N1CCOCC1. The predicted octanol–water partition coefficient (Wildman–Crippen LogP) is 2.59. The Morgan fingerprint density at radius 2 is 1.83 bits per heavy atom. The van der Waals surface area contributed by atoms with E-state index in [2.05, 4.69) is 10.6 Å². The van der Waals surface area contributed by atoms with Gasteiger partial charge in [0, 0.05) is 30.4 Å². The molecule has 30 heavy (non-hydrogen) atoms. The predicted molar refractivity (Wildman–Crippen MR) is 119 cm³/mol. The Kier molecular flexibility index (Phi) is 8.57. The molecule has 2 fully saturated rings. The van der Waals surface area contributed by atoms with E-state index in [1.165, 1.54) is 31.0 Å². The summed E-state index contributed by atoms with van der Waals surface area (Å²) in [6.45, 7) is 4.26. The molecule has 8 heteroatoms. The number of carbonyl (C=O) groups is 3. The van der Waals surface area contributed by atoms with Crippen LogP contribution in [0.25, 0.3) is 0 Å². The number of nitrogens with one attached hydrogen (secondary N) is 2. The molecule has 7 nitrogen and oxygen atoms in total. The number of amides is 3. The van der Waals surface area contributed by atoms with E-state index in [1.54, 1.807) is 17.0 Å². The molecule has 1 aromatic carbocycles. The summed E-state index contributed by atoms with van der Waals surface area (Å²) in [5.41, 5.74) is 2.14. The highest BCUT2D eigenvalue weighted by Crippen LogP contribution is 2.20. The fourth-order valence-electron chi connectivity index (χ4n) is 3.78. The highest BCUT2D eigenvalue weighted by atomic mass is 32.2. The minimum absolute atomic E-state index is 0.0422. The quantitative estimate of drug-likeness (QED) is 0.690. The molecule has 0 spiro atoms. The lowest BCUT2D eigenvalue weighted by Gasteiger charge is -2.26. The van der Waals surface area contributed by atoms with Crippen molar-refractivity contribution in [3.05, 3.63) is 29.3 Å². The van der Waals surface area contributed by atoms with Gasteiger partial charge in [-0.3, -0.25) is 14.4 Å². The third-order valence-corrected chi connectivity index (χ3v) is 6.44. The number of hydrogen-bond acceptors (Lipinski definition) is 5. The largest absolute Gasteiger partial charge is 0.378 e. The summed E-state index contributed by atoms with van der Waals surface area (Å²) in [6.07, 6.45) is 5.69. The van der Waals surface area contributed by atoms with E-state index >= 15 is 0 Å². The lowest BCUT2D eigenvalue weighted by atomic mass is 9.95. The Hall–Kier alpha value is -2.06. The van der Waals surface area contributed by atoms with Crippen molar-refractivity contribution < 1.29 is 19.1 Å². The molecule has 0 aromatic heterocycles. The number of carbonyl (C=O) groups excluding carboxylic acids is 3. The number of morpholine rings is 1. The number of ether oxygens (including phenoxy) is 1. The first kappa shape index (κ1) is 22.6. The number of rotatable bonds is 7. The molecule has 2 N–H and O–H groups in total. The number of hydrogen-bond donors (Lipinski definition) is 2. The van der Waals surface area contributed by atoms with Gasteiger partial charge < -0.3 is 20.3 Å². The second-order valence-electron chi connectivity index (χ2n) is 7.87. The van der Waals surface area contributed by atoms with Gasteiger partial charge in [-0.2, -0.15) is 0 Å². The van der Waals surface area contributed by atoms with Crippen molar-refractivity contribution >= 4 is 35.2 Å². The van der Waals surface area contributed by atoms with E-state index in [4.69, 9.17) is 4.74 Å². The fraction of sp³-hybridized carbons (Fsp3) is 0.591. The van der Waals surface area contributed by atoms with E-state index in [0.717, 1.165) is 18.4 Å². The minimum Gasteiger partial charge on any atom is -0.378 e. The van der Waals surface area contributed by atoms with Crippen molar-refractivity contribution in [1.29, 1.82) is 0 Å². The van der Waals surface area contributed by atoms with Gasteiger partial charge in [-0.25, -0.2) is 0 Å². The topological polar surface area (TPSA) is 87.7 Å². The lowest BCUT2D eigenvalue weighted by Crippen LogP contribution is -2.41. The highest BCUT2D eigenvalue weighted by molar-refractivity contribution is 8.00. The molecule has 1 saturated carbocycles. The maximum atomic E-state index is 12.5. The van der Waals surface area contributed by atoms with Crippen LogP contribution >= 0.6 is 11.8 Å². The third kappa shape index (κ3) is 6.74. The van der Waals surface area contributed by atoms with Gasteiger partial charge in [0.15, 0.2) is 0 Å². The van der Waals surface area contributed by atoms with Crippen molar-refractivity contribution in [3.8, 4) is 0 Å². The first-order chi connectivity index (χ1) is 14.5. The molecule has 1 aromatic rings. The maximum absolute atomic E-state index is 12.5. The molecule has 0 bridgehead atoms. The molecule has 1 aliphatic carbocycles. The van der Waals surface area contributed by atoms with E-state index in [9.17, 15) is 14.4 Å². The van der Waals surface area contributed by atoms with Crippen LogP contribution in [0.4, 0.5) is 5.69 Å². The van der Waals surface area contributed by atoms with E-state index in [0.29, 0.717) is 37.6 Å². The third-order valence-electron chi connectivity index (χ3n) is 5.53. The zero-order chi connectivity index (χ0) is 21.3. The molecule has 164 valence electrons. The molecule has 1 heterocycles. The van der Waals surface area contributed by atoms with Crippen molar-refractivity contribution in [1.82, 2.24) is 10.2 Å². The Balaban J connectivity index is 1.43. The highest BCUT2D eigenvalue weighted by Gasteiger charge is 2.18. The second-order valence-corrected chi connectivity index (χ2v) is 8.86.